The zero-order valence-electron chi connectivity index (χ0n) is 15.6. The number of hydrogen-bond acceptors (Lipinski definition) is 4. The largest absolute Gasteiger partial charge is 0.316 e. The first kappa shape index (κ1) is 18.9. The average molecular weight is 410 g/mol. The SMILES string of the molecule is Cc1sc(-c2ccccn2)cc1-c1cc(C(=O)Nc2c(F)cccc2F)nn1C. The van der Waals surface area contributed by atoms with Gasteiger partial charge in [-0.25, -0.2) is 8.78 Å². The Bertz CT molecular complexity index is 1180. The number of aryl methyl sites for hydroxylation is 2. The lowest BCUT2D eigenvalue weighted by Crippen LogP contribution is -2.15. The van der Waals surface area contributed by atoms with E-state index in [0.717, 1.165) is 38.8 Å². The second-order valence-electron chi connectivity index (χ2n) is 6.38. The van der Waals surface area contributed by atoms with Gasteiger partial charge in [-0.1, -0.05) is 12.1 Å². The van der Waals surface area contributed by atoms with Gasteiger partial charge in [0.25, 0.3) is 5.91 Å². The summed E-state index contributed by atoms with van der Waals surface area (Å²) in [4.78, 5) is 18.9. The summed E-state index contributed by atoms with van der Waals surface area (Å²) in [7, 11) is 1.72. The van der Waals surface area contributed by atoms with Gasteiger partial charge in [-0.2, -0.15) is 5.10 Å². The van der Waals surface area contributed by atoms with Gasteiger partial charge in [0, 0.05) is 23.7 Å². The van der Waals surface area contributed by atoms with Crippen LogP contribution in [-0.2, 0) is 7.05 Å². The van der Waals surface area contributed by atoms with Crippen LogP contribution in [0.3, 0.4) is 0 Å². The number of nitrogens with zero attached hydrogens (tertiary/aromatic N) is 3. The van der Waals surface area contributed by atoms with Gasteiger partial charge in [0.2, 0.25) is 0 Å². The second-order valence-corrected chi connectivity index (χ2v) is 7.64. The minimum Gasteiger partial charge on any atom is -0.316 e. The minimum absolute atomic E-state index is 0.0649. The average Bonchev–Trinajstić information content (AvgIpc) is 3.28. The summed E-state index contributed by atoms with van der Waals surface area (Å²) in [5.74, 6) is -2.37. The summed E-state index contributed by atoms with van der Waals surface area (Å²) >= 11 is 1.59. The van der Waals surface area contributed by atoms with Crippen molar-refractivity contribution in [3.05, 3.63) is 76.9 Å². The maximum atomic E-state index is 13.8. The number of rotatable bonds is 4. The van der Waals surface area contributed by atoms with E-state index >= 15 is 0 Å². The van der Waals surface area contributed by atoms with Crippen molar-refractivity contribution in [1.82, 2.24) is 14.8 Å². The zero-order valence-corrected chi connectivity index (χ0v) is 16.4. The van der Waals surface area contributed by atoms with Gasteiger partial charge in [0.1, 0.15) is 17.3 Å². The number of aromatic nitrogens is 3. The van der Waals surface area contributed by atoms with Gasteiger partial charge >= 0.3 is 0 Å². The van der Waals surface area contributed by atoms with Crippen LogP contribution in [0.25, 0.3) is 21.8 Å². The van der Waals surface area contributed by atoms with Crippen LogP contribution >= 0.6 is 11.3 Å². The molecule has 0 aliphatic heterocycles. The number of anilines is 1. The summed E-state index contributed by atoms with van der Waals surface area (Å²) in [5, 5.41) is 6.47. The molecule has 0 bridgehead atoms. The molecule has 1 amide bonds. The predicted octanol–water partition coefficient (Wildman–Crippen LogP) is 5.05. The van der Waals surface area contributed by atoms with Gasteiger partial charge in [-0.05, 0) is 43.3 Å². The van der Waals surface area contributed by atoms with Crippen LogP contribution in [0.2, 0.25) is 0 Å². The van der Waals surface area contributed by atoms with Gasteiger partial charge in [0.15, 0.2) is 5.69 Å². The minimum atomic E-state index is -0.844. The van der Waals surface area contributed by atoms with E-state index in [2.05, 4.69) is 15.4 Å². The lowest BCUT2D eigenvalue weighted by Gasteiger charge is -2.05. The number of benzene rings is 1. The molecule has 0 atom stereocenters. The third kappa shape index (κ3) is 3.66. The topological polar surface area (TPSA) is 59.8 Å². The first-order valence-corrected chi connectivity index (χ1v) is 9.57. The molecule has 4 rings (SSSR count). The van der Waals surface area contributed by atoms with Crippen LogP contribution in [0.4, 0.5) is 14.5 Å². The van der Waals surface area contributed by atoms with Gasteiger partial charge in [-0.15, -0.1) is 11.3 Å². The van der Waals surface area contributed by atoms with Crippen LogP contribution < -0.4 is 5.32 Å². The molecule has 0 radical (unpaired) electrons. The third-order valence-electron chi connectivity index (χ3n) is 4.42. The smallest absolute Gasteiger partial charge is 0.276 e. The van der Waals surface area contributed by atoms with Gasteiger partial charge in [-0.3, -0.25) is 14.5 Å². The normalized spacial score (nSPS) is 10.9. The molecule has 146 valence electrons. The molecule has 1 aromatic carbocycles. The lowest BCUT2D eigenvalue weighted by atomic mass is 10.1. The Morgan fingerprint density at radius 3 is 2.55 bits per heavy atom. The Morgan fingerprint density at radius 1 is 1.10 bits per heavy atom. The molecule has 0 saturated carbocycles. The molecular weight excluding hydrogens is 394 g/mol. The molecule has 3 heterocycles. The molecule has 8 heteroatoms. The first-order valence-electron chi connectivity index (χ1n) is 8.75. The van der Waals surface area contributed by atoms with Crippen molar-refractivity contribution in [1.29, 1.82) is 0 Å². The molecule has 0 fully saturated rings. The van der Waals surface area contributed by atoms with Crippen molar-refractivity contribution in [2.24, 2.45) is 7.05 Å². The lowest BCUT2D eigenvalue weighted by molar-refractivity contribution is 0.102. The number of carbonyl (C=O) groups excluding carboxylic acids is 1. The first-order chi connectivity index (χ1) is 13.9. The Hall–Kier alpha value is -3.39. The van der Waals surface area contributed by atoms with Crippen molar-refractivity contribution in [3.8, 4) is 21.8 Å². The monoisotopic (exact) mass is 410 g/mol. The third-order valence-corrected chi connectivity index (χ3v) is 5.50. The van der Waals surface area contributed by atoms with Gasteiger partial charge in [0.05, 0.1) is 16.3 Å². The van der Waals surface area contributed by atoms with Crippen molar-refractivity contribution >= 4 is 22.9 Å². The summed E-state index contributed by atoms with van der Waals surface area (Å²) in [6.45, 7) is 1.98. The van der Waals surface area contributed by atoms with E-state index < -0.39 is 23.2 Å². The van der Waals surface area contributed by atoms with Crippen molar-refractivity contribution in [2.45, 2.75) is 6.92 Å². The van der Waals surface area contributed by atoms with Gasteiger partial charge < -0.3 is 5.32 Å². The number of carbonyl (C=O) groups is 1. The predicted molar refractivity (Wildman–Crippen MR) is 109 cm³/mol. The highest BCUT2D eigenvalue weighted by molar-refractivity contribution is 7.15. The fourth-order valence-electron chi connectivity index (χ4n) is 3.00. The Balaban J connectivity index is 1.65. The highest BCUT2D eigenvalue weighted by atomic mass is 32.1. The molecule has 5 nitrogen and oxygen atoms in total. The van der Waals surface area contributed by atoms with Crippen LogP contribution in [-0.4, -0.2) is 20.7 Å². The van der Waals surface area contributed by atoms with E-state index in [1.54, 1.807) is 35.3 Å². The van der Waals surface area contributed by atoms with Crippen LogP contribution in [0, 0.1) is 18.6 Å². The fraction of sp³-hybridized carbons (Fsp3) is 0.0952. The molecule has 0 unspecified atom stereocenters. The molecule has 3 aromatic heterocycles. The Labute approximate surface area is 169 Å². The van der Waals surface area contributed by atoms with Crippen LogP contribution in [0.15, 0.2) is 54.7 Å². The molecule has 0 aliphatic rings. The van der Waals surface area contributed by atoms with E-state index in [1.165, 1.54) is 6.07 Å². The van der Waals surface area contributed by atoms with E-state index in [0.29, 0.717) is 0 Å². The number of thiophene rings is 1. The number of nitrogens with one attached hydrogen (secondary N) is 1. The summed E-state index contributed by atoms with van der Waals surface area (Å²) in [6, 6.07) is 12.7. The van der Waals surface area contributed by atoms with E-state index in [9.17, 15) is 13.6 Å². The maximum Gasteiger partial charge on any atom is 0.276 e. The number of halogens is 2. The van der Waals surface area contributed by atoms with E-state index in [-0.39, 0.29) is 5.69 Å². The number of pyridine rings is 1. The molecule has 0 saturated heterocycles. The standard InChI is InChI=1S/C21H16F2N4OS/c1-12-13(10-19(29-12)16-8-3-4-9-24-16)18-11-17(26-27(18)2)21(28)25-20-14(22)6-5-7-15(20)23/h3-11H,1-2H3,(H,25,28). The molecule has 1 N–H and O–H groups in total. The van der Waals surface area contributed by atoms with Crippen molar-refractivity contribution in [2.75, 3.05) is 5.32 Å². The van der Waals surface area contributed by atoms with Crippen LogP contribution in [0.1, 0.15) is 15.4 Å². The Morgan fingerprint density at radius 2 is 1.86 bits per heavy atom. The molecule has 0 spiro atoms. The number of para-hydroxylation sites is 1. The van der Waals surface area contributed by atoms with Crippen LogP contribution in [0.5, 0.6) is 0 Å². The number of hydrogen-bond donors (Lipinski definition) is 1. The van der Waals surface area contributed by atoms with Crippen molar-refractivity contribution in [3.63, 3.8) is 0 Å². The highest BCUT2D eigenvalue weighted by Gasteiger charge is 2.20. The Kier molecular flexibility index (Phi) is 4.94. The number of amides is 1. The fourth-order valence-corrected chi connectivity index (χ4v) is 4.00. The van der Waals surface area contributed by atoms with E-state index in [1.807, 2.05) is 31.2 Å². The summed E-state index contributed by atoms with van der Waals surface area (Å²) in [6.07, 6.45) is 1.73. The molecule has 29 heavy (non-hydrogen) atoms. The quantitative estimate of drug-likeness (QED) is 0.512. The van der Waals surface area contributed by atoms with E-state index in [4.69, 9.17) is 0 Å². The molecular formula is C21H16F2N4OS. The molecule has 4 aromatic rings. The highest BCUT2D eigenvalue weighted by Crippen LogP contribution is 2.36. The van der Waals surface area contributed by atoms with Crippen molar-refractivity contribution < 1.29 is 13.6 Å². The summed E-state index contributed by atoms with van der Waals surface area (Å²) < 4.78 is 29.2. The summed E-state index contributed by atoms with van der Waals surface area (Å²) in [5.41, 5.74) is 2.08. The molecule has 0 aliphatic carbocycles. The zero-order chi connectivity index (χ0) is 20.5. The second kappa shape index (κ2) is 7.56. The maximum absolute atomic E-state index is 13.8.